The molecule has 114 valence electrons. The van der Waals surface area contributed by atoms with Gasteiger partial charge in [-0.15, -0.1) is 0 Å². The maximum absolute atomic E-state index is 13.6. The summed E-state index contributed by atoms with van der Waals surface area (Å²) >= 11 is 1.06. The number of furan rings is 1. The van der Waals surface area contributed by atoms with Crippen molar-refractivity contribution in [2.45, 2.75) is 10.8 Å². The van der Waals surface area contributed by atoms with E-state index in [9.17, 15) is 22.8 Å². The van der Waals surface area contributed by atoms with Crippen LogP contribution in [0.5, 0.6) is 0 Å². The van der Waals surface area contributed by atoms with Gasteiger partial charge in [0.15, 0.2) is 23.4 Å². The van der Waals surface area contributed by atoms with Crippen molar-refractivity contribution < 1.29 is 26.7 Å². The molecule has 22 heavy (non-hydrogen) atoms. The standard InChI is InChI=1S/C14H7F4NO2S/c15-10-8-5-7(6-22-9-3-1-2-4-19(9)20)21-14(8)13(18)12(17)11(10)16/h1-5H,6H2. The van der Waals surface area contributed by atoms with Gasteiger partial charge in [0.05, 0.1) is 11.1 Å². The van der Waals surface area contributed by atoms with Crippen LogP contribution in [0.4, 0.5) is 17.6 Å². The van der Waals surface area contributed by atoms with Crippen LogP contribution in [0.2, 0.25) is 0 Å². The zero-order valence-corrected chi connectivity index (χ0v) is 11.6. The molecule has 0 spiro atoms. The third-order valence-electron chi connectivity index (χ3n) is 2.95. The van der Waals surface area contributed by atoms with Gasteiger partial charge in [-0.05, 0) is 23.9 Å². The van der Waals surface area contributed by atoms with Crippen LogP contribution >= 0.6 is 11.8 Å². The van der Waals surface area contributed by atoms with Crippen LogP contribution in [-0.4, -0.2) is 0 Å². The summed E-state index contributed by atoms with van der Waals surface area (Å²) in [6.07, 6.45) is 1.30. The van der Waals surface area contributed by atoms with E-state index < -0.39 is 34.2 Å². The molecule has 2 heterocycles. The predicted octanol–water partition coefficient (Wildman–Crippen LogP) is 3.91. The third kappa shape index (κ3) is 2.39. The van der Waals surface area contributed by atoms with Gasteiger partial charge in [-0.1, -0.05) is 0 Å². The molecule has 1 aromatic carbocycles. The molecule has 0 unspecified atom stereocenters. The van der Waals surface area contributed by atoms with Crippen molar-refractivity contribution in [2.24, 2.45) is 0 Å². The lowest BCUT2D eigenvalue weighted by atomic mass is 10.2. The Morgan fingerprint density at radius 1 is 1.05 bits per heavy atom. The maximum Gasteiger partial charge on any atom is 0.251 e. The van der Waals surface area contributed by atoms with Crippen LogP contribution in [0.15, 0.2) is 39.9 Å². The van der Waals surface area contributed by atoms with Gasteiger partial charge in [0, 0.05) is 12.1 Å². The van der Waals surface area contributed by atoms with Gasteiger partial charge in [0.25, 0.3) is 5.03 Å². The number of hydrogen-bond acceptors (Lipinski definition) is 3. The molecule has 0 N–H and O–H groups in total. The number of aromatic nitrogens is 1. The van der Waals surface area contributed by atoms with Crippen molar-refractivity contribution in [3.05, 3.63) is 64.7 Å². The van der Waals surface area contributed by atoms with E-state index >= 15 is 0 Å². The summed E-state index contributed by atoms with van der Waals surface area (Å²) in [5.74, 6) is -6.73. The van der Waals surface area contributed by atoms with Crippen LogP contribution in [0.25, 0.3) is 11.0 Å². The average molecular weight is 329 g/mol. The minimum atomic E-state index is -1.92. The monoisotopic (exact) mass is 329 g/mol. The molecule has 3 aromatic rings. The van der Waals surface area contributed by atoms with E-state index in [0.717, 1.165) is 17.8 Å². The molecule has 3 rings (SSSR count). The van der Waals surface area contributed by atoms with Crippen LogP contribution in [-0.2, 0) is 5.75 Å². The highest BCUT2D eigenvalue weighted by atomic mass is 32.2. The topological polar surface area (TPSA) is 40.1 Å². The number of nitrogens with zero attached hydrogens (tertiary/aromatic N) is 1. The summed E-state index contributed by atoms with van der Waals surface area (Å²) in [4.78, 5) is 0. The molecule has 0 atom stereocenters. The summed E-state index contributed by atoms with van der Waals surface area (Å²) < 4.78 is 59.1. The van der Waals surface area contributed by atoms with E-state index in [-0.39, 0.29) is 11.5 Å². The Kier molecular flexibility index (Phi) is 3.69. The van der Waals surface area contributed by atoms with E-state index in [0.29, 0.717) is 9.76 Å². The molecule has 8 heteroatoms. The Balaban J connectivity index is 1.95. The normalized spacial score (nSPS) is 11.3. The van der Waals surface area contributed by atoms with Crippen molar-refractivity contribution >= 4 is 22.7 Å². The first-order chi connectivity index (χ1) is 10.5. The van der Waals surface area contributed by atoms with Crippen molar-refractivity contribution in [2.75, 3.05) is 0 Å². The molecule has 0 aliphatic carbocycles. The molecule has 0 aliphatic heterocycles. The third-order valence-corrected chi connectivity index (χ3v) is 3.99. The van der Waals surface area contributed by atoms with Gasteiger partial charge in [0.2, 0.25) is 11.6 Å². The molecule has 2 aromatic heterocycles. The highest BCUT2D eigenvalue weighted by Gasteiger charge is 2.24. The fourth-order valence-corrected chi connectivity index (χ4v) is 2.71. The van der Waals surface area contributed by atoms with Crippen LogP contribution in [0.3, 0.4) is 0 Å². The van der Waals surface area contributed by atoms with E-state index in [1.54, 1.807) is 18.2 Å². The summed E-state index contributed by atoms with van der Waals surface area (Å²) in [6.45, 7) is 0. The van der Waals surface area contributed by atoms with Crippen LogP contribution < -0.4 is 4.73 Å². The van der Waals surface area contributed by atoms with Crippen molar-refractivity contribution in [1.82, 2.24) is 0 Å². The summed E-state index contributed by atoms with van der Waals surface area (Å²) in [7, 11) is 0. The minimum Gasteiger partial charge on any atom is -0.618 e. The highest BCUT2D eigenvalue weighted by molar-refractivity contribution is 7.98. The van der Waals surface area contributed by atoms with Gasteiger partial charge in [-0.2, -0.15) is 9.12 Å². The first-order valence-electron chi connectivity index (χ1n) is 6.04. The Bertz CT molecular complexity index is 821. The summed E-state index contributed by atoms with van der Waals surface area (Å²) in [6, 6.07) is 5.84. The Hall–Kier alpha value is -2.22. The molecule has 0 aliphatic rings. The first kappa shape index (κ1) is 14.7. The Labute approximate surface area is 125 Å². The number of halogens is 4. The van der Waals surface area contributed by atoms with Gasteiger partial charge >= 0.3 is 0 Å². The molecule has 0 saturated heterocycles. The lowest BCUT2D eigenvalue weighted by Crippen LogP contribution is -2.27. The molecule has 0 amide bonds. The zero-order valence-electron chi connectivity index (χ0n) is 10.8. The second-order valence-corrected chi connectivity index (χ2v) is 5.36. The number of hydrogen-bond donors (Lipinski definition) is 0. The molecular formula is C14H7F4NO2S. The lowest BCUT2D eigenvalue weighted by molar-refractivity contribution is -0.645. The van der Waals surface area contributed by atoms with Gasteiger partial charge in [-0.3, -0.25) is 0 Å². The Morgan fingerprint density at radius 2 is 1.77 bits per heavy atom. The highest BCUT2D eigenvalue weighted by Crippen LogP contribution is 2.31. The largest absolute Gasteiger partial charge is 0.618 e. The maximum atomic E-state index is 13.6. The van der Waals surface area contributed by atoms with E-state index in [2.05, 4.69) is 0 Å². The molecule has 0 bridgehead atoms. The quantitative estimate of drug-likeness (QED) is 0.183. The fraction of sp³-hybridized carbons (Fsp3) is 0.0714. The fourth-order valence-electron chi connectivity index (χ4n) is 1.92. The van der Waals surface area contributed by atoms with Gasteiger partial charge < -0.3 is 9.62 Å². The lowest BCUT2D eigenvalue weighted by Gasteiger charge is -2.01. The minimum absolute atomic E-state index is 0.0725. The van der Waals surface area contributed by atoms with Crippen molar-refractivity contribution in [1.29, 1.82) is 0 Å². The van der Waals surface area contributed by atoms with Crippen molar-refractivity contribution in [3.8, 4) is 0 Å². The number of fused-ring (bicyclic) bond motifs is 1. The molecule has 0 radical (unpaired) electrons. The van der Waals surface area contributed by atoms with Crippen molar-refractivity contribution in [3.63, 3.8) is 0 Å². The number of pyridine rings is 1. The summed E-state index contributed by atoms with van der Waals surface area (Å²) in [5, 5.41) is 11.3. The van der Waals surface area contributed by atoms with Crippen LogP contribution in [0.1, 0.15) is 5.76 Å². The van der Waals surface area contributed by atoms with E-state index in [1.807, 2.05) is 0 Å². The predicted molar refractivity (Wildman–Crippen MR) is 71.0 cm³/mol. The number of thioether (sulfide) groups is 1. The van der Waals surface area contributed by atoms with E-state index in [1.165, 1.54) is 6.20 Å². The number of benzene rings is 1. The second kappa shape index (κ2) is 5.53. The van der Waals surface area contributed by atoms with Gasteiger partial charge in [-0.25, -0.2) is 13.2 Å². The van der Waals surface area contributed by atoms with Gasteiger partial charge in [0.1, 0.15) is 5.76 Å². The molecule has 0 saturated carbocycles. The SMILES string of the molecule is [O-][n+]1ccccc1SCc1cc2c(F)c(F)c(F)c(F)c2o1. The molecule has 0 fully saturated rings. The van der Waals surface area contributed by atoms with E-state index in [4.69, 9.17) is 4.42 Å². The Morgan fingerprint density at radius 3 is 2.50 bits per heavy atom. The number of rotatable bonds is 3. The average Bonchev–Trinajstić information content (AvgIpc) is 2.94. The molecule has 3 nitrogen and oxygen atoms in total. The second-order valence-electron chi connectivity index (χ2n) is 4.36. The first-order valence-corrected chi connectivity index (χ1v) is 7.03. The van der Waals surface area contributed by atoms with Crippen LogP contribution in [0, 0.1) is 28.5 Å². The zero-order chi connectivity index (χ0) is 15.9. The molecular weight excluding hydrogens is 322 g/mol. The summed E-state index contributed by atoms with van der Waals surface area (Å²) in [5.41, 5.74) is -0.685. The smallest absolute Gasteiger partial charge is 0.251 e.